The Morgan fingerprint density at radius 1 is 1.20 bits per heavy atom. The summed E-state index contributed by atoms with van der Waals surface area (Å²) < 4.78 is 0. The molecule has 1 amide bonds. The minimum Gasteiger partial charge on any atom is -0.478 e. The van der Waals surface area contributed by atoms with Crippen molar-refractivity contribution in [1.29, 1.82) is 0 Å². The molecule has 1 aliphatic rings. The van der Waals surface area contributed by atoms with Crippen molar-refractivity contribution >= 4 is 11.9 Å². The van der Waals surface area contributed by atoms with E-state index < -0.39 is 5.97 Å². The average molecular weight is 282 g/mol. The number of amides is 1. The molecule has 114 valence electrons. The molecule has 0 aromatic heterocycles. The summed E-state index contributed by atoms with van der Waals surface area (Å²) in [4.78, 5) is 27.3. The Hall–Kier alpha value is -1.36. The standard InChI is InChI=1S/C15H26N2O3/c1-5-8-17-9-6-13(7-10-17)16(4)14(18)11(2)12(3)15(19)20/h13H,5-10H2,1-4H3,(H,19,20). The molecular formula is C15H26N2O3. The Morgan fingerprint density at radius 2 is 1.75 bits per heavy atom. The molecule has 20 heavy (non-hydrogen) atoms. The molecule has 0 saturated carbocycles. The van der Waals surface area contributed by atoms with Crippen LogP contribution in [0.25, 0.3) is 0 Å². The SMILES string of the molecule is CCCN1CCC(N(C)C(=O)C(C)=C(C)C(=O)O)CC1. The molecule has 1 heterocycles. The fraction of sp³-hybridized carbons (Fsp3) is 0.733. The molecule has 0 unspecified atom stereocenters. The highest BCUT2D eigenvalue weighted by atomic mass is 16.4. The zero-order valence-corrected chi connectivity index (χ0v) is 13.0. The molecule has 1 rings (SSSR count). The molecule has 5 nitrogen and oxygen atoms in total. The number of piperidine rings is 1. The van der Waals surface area contributed by atoms with Crippen LogP contribution in [0, 0.1) is 0 Å². The van der Waals surface area contributed by atoms with E-state index in [2.05, 4.69) is 11.8 Å². The van der Waals surface area contributed by atoms with E-state index in [9.17, 15) is 9.59 Å². The highest BCUT2D eigenvalue weighted by molar-refractivity contribution is 6.01. The lowest BCUT2D eigenvalue weighted by atomic mass is 10.0. The predicted octanol–water partition coefficient (Wildman–Crippen LogP) is 1.74. The quantitative estimate of drug-likeness (QED) is 0.780. The van der Waals surface area contributed by atoms with Gasteiger partial charge in [-0.05, 0) is 39.7 Å². The van der Waals surface area contributed by atoms with Crippen LogP contribution in [-0.2, 0) is 9.59 Å². The molecule has 0 bridgehead atoms. The number of likely N-dealkylation sites (N-methyl/N-ethyl adjacent to an activating group) is 1. The first-order valence-electron chi connectivity index (χ1n) is 7.28. The summed E-state index contributed by atoms with van der Waals surface area (Å²) in [6.45, 7) is 8.38. The van der Waals surface area contributed by atoms with Gasteiger partial charge < -0.3 is 14.9 Å². The first kappa shape index (κ1) is 16.7. The molecule has 0 radical (unpaired) electrons. The van der Waals surface area contributed by atoms with Gasteiger partial charge in [0.25, 0.3) is 0 Å². The van der Waals surface area contributed by atoms with E-state index in [1.54, 1.807) is 18.9 Å². The van der Waals surface area contributed by atoms with Crippen molar-refractivity contribution in [3.63, 3.8) is 0 Å². The molecular weight excluding hydrogens is 256 g/mol. The number of nitrogens with zero attached hydrogens (tertiary/aromatic N) is 2. The Kier molecular flexibility index (Phi) is 6.20. The smallest absolute Gasteiger partial charge is 0.331 e. The van der Waals surface area contributed by atoms with Crippen molar-refractivity contribution in [2.75, 3.05) is 26.7 Å². The first-order valence-corrected chi connectivity index (χ1v) is 7.28. The van der Waals surface area contributed by atoms with Crippen LogP contribution < -0.4 is 0 Å². The summed E-state index contributed by atoms with van der Waals surface area (Å²) in [6, 6.07) is 0.215. The Balaban J connectivity index is 2.63. The van der Waals surface area contributed by atoms with E-state index in [1.807, 2.05) is 0 Å². The van der Waals surface area contributed by atoms with Crippen molar-refractivity contribution in [1.82, 2.24) is 9.80 Å². The maximum absolute atomic E-state index is 12.3. The second-order valence-corrected chi connectivity index (χ2v) is 5.54. The molecule has 0 aromatic rings. The Morgan fingerprint density at radius 3 is 2.20 bits per heavy atom. The van der Waals surface area contributed by atoms with Crippen molar-refractivity contribution < 1.29 is 14.7 Å². The van der Waals surface area contributed by atoms with Crippen molar-refractivity contribution in [3.05, 3.63) is 11.1 Å². The van der Waals surface area contributed by atoms with Crippen molar-refractivity contribution in [2.24, 2.45) is 0 Å². The molecule has 0 aromatic carbocycles. The van der Waals surface area contributed by atoms with Gasteiger partial charge in [-0.3, -0.25) is 4.79 Å². The third kappa shape index (κ3) is 4.07. The predicted molar refractivity (Wildman–Crippen MR) is 78.5 cm³/mol. The van der Waals surface area contributed by atoms with E-state index >= 15 is 0 Å². The summed E-state index contributed by atoms with van der Waals surface area (Å²) in [5.41, 5.74) is 0.459. The number of hydrogen-bond acceptors (Lipinski definition) is 3. The summed E-state index contributed by atoms with van der Waals surface area (Å²) >= 11 is 0. The number of carboxylic acids is 1. The van der Waals surface area contributed by atoms with E-state index in [-0.39, 0.29) is 17.5 Å². The largest absolute Gasteiger partial charge is 0.478 e. The summed E-state index contributed by atoms with van der Waals surface area (Å²) in [7, 11) is 1.78. The summed E-state index contributed by atoms with van der Waals surface area (Å²) in [5, 5.41) is 8.95. The van der Waals surface area contributed by atoms with Gasteiger partial charge in [-0.2, -0.15) is 0 Å². The van der Waals surface area contributed by atoms with Crippen LogP contribution in [0.3, 0.4) is 0 Å². The van der Waals surface area contributed by atoms with Crippen LogP contribution >= 0.6 is 0 Å². The fourth-order valence-corrected chi connectivity index (χ4v) is 2.60. The van der Waals surface area contributed by atoms with Gasteiger partial charge in [0.2, 0.25) is 5.91 Å². The molecule has 1 saturated heterocycles. The lowest BCUT2D eigenvalue weighted by Gasteiger charge is -2.36. The van der Waals surface area contributed by atoms with Crippen LogP contribution in [0.4, 0.5) is 0 Å². The second-order valence-electron chi connectivity index (χ2n) is 5.54. The third-order valence-electron chi connectivity index (χ3n) is 4.17. The number of likely N-dealkylation sites (tertiary alicyclic amines) is 1. The summed E-state index contributed by atoms with van der Waals surface area (Å²) in [6.07, 6.45) is 3.07. The molecule has 5 heteroatoms. The molecule has 1 N–H and O–H groups in total. The number of aliphatic carboxylic acids is 1. The number of hydrogen-bond donors (Lipinski definition) is 1. The van der Waals surface area contributed by atoms with Crippen LogP contribution in [0.5, 0.6) is 0 Å². The van der Waals surface area contributed by atoms with E-state index in [0.717, 1.165) is 38.9 Å². The second kappa shape index (κ2) is 7.43. The normalized spacial score (nSPS) is 18.6. The van der Waals surface area contributed by atoms with Crippen LogP contribution in [0.1, 0.15) is 40.0 Å². The maximum atomic E-state index is 12.3. The Bertz CT molecular complexity index is 396. The van der Waals surface area contributed by atoms with Gasteiger partial charge in [-0.1, -0.05) is 6.92 Å². The number of carbonyl (C=O) groups is 2. The number of carboxylic acid groups (broad SMARTS) is 1. The van der Waals surface area contributed by atoms with E-state index in [0.29, 0.717) is 5.57 Å². The van der Waals surface area contributed by atoms with E-state index in [4.69, 9.17) is 5.11 Å². The number of carbonyl (C=O) groups excluding carboxylic acids is 1. The molecule has 0 aliphatic carbocycles. The minimum absolute atomic E-state index is 0.130. The van der Waals surface area contributed by atoms with Crippen molar-refractivity contribution in [2.45, 2.75) is 46.1 Å². The maximum Gasteiger partial charge on any atom is 0.331 e. The highest BCUT2D eigenvalue weighted by Crippen LogP contribution is 2.18. The van der Waals surface area contributed by atoms with Gasteiger partial charge >= 0.3 is 5.97 Å². The Labute approximate surface area is 121 Å². The van der Waals surface area contributed by atoms with Gasteiger partial charge in [0.05, 0.1) is 0 Å². The summed E-state index contributed by atoms with van der Waals surface area (Å²) in [5.74, 6) is -1.19. The topological polar surface area (TPSA) is 60.9 Å². The number of rotatable bonds is 5. The lowest BCUT2D eigenvalue weighted by molar-refractivity contribution is -0.134. The van der Waals surface area contributed by atoms with Gasteiger partial charge in [0.1, 0.15) is 0 Å². The lowest BCUT2D eigenvalue weighted by Crippen LogP contribution is -2.46. The zero-order valence-electron chi connectivity index (χ0n) is 13.0. The fourth-order valence-electron chi connectivity index (χ4n) is 2.60. The zero-order chi connectivity index (χ0) is 15.3. The van der Waals surface area contributed by atoms with Crippen LogP contribution in [0.15, 0.2) is 11.1 Å². The molecule has 0 atom stereocenters. The molecule has 1 aliphatic heterocycles. The van der Waals surface area contributed by atoms with Gasteiger partial charge in [0, 0.05) is 37.3 Å². The van der Waals surface area contributed by atoms with Crippen LogP contribution in [0.2, 0.25) is 0 Å². The monoisotopic (exact) mass is 282 g/mol. The van der Waals surface area contributed by atoms with Gasteiger partial charge in [0.15, 0.2) is 0 Å². The van der Waals surface area contributed by atoms with Crippen LogP contribution in [-0.4, -0.2) is 59.5 Å². The van der Waals surface area contributed by atoms with E-state index in [1.165, 1.54) is 6.92 Å². The highest BCUT2D eigenvalue weighted by Gasteiger charge is 2.26. The van der Waals surface area contributed by atoms with Crippen molar-refractivity contribution in [3.8, 4) is 0 Å². The van der Waals surface area contributed by atoms with Gasteiger partial charge in [-0.25, -0.2) is 4.79 Å². The average Bonchev–Trinajstić information content (AvgIpc) is 2.45. The minimum atomic E-state index is -1.03. The molecule has 1 fully saturated rings. The van der Waals surface area contributed by atoms with Gasteiger partial charge in [-0.15, -0.1) is 0 Å². The third-order valence-corrected chi connectivity index (χ3v) is 4.17. The molecule has 0 spiro atoms. The first-order chi connectivity index (χ1) is 9.38.